The SMILES string of the molecule is C=CC1C(c2ccccc2C)C(C(=C)C)[C@@H]1c1ccccc1.CCC1=CC(c2ccc3c(c2)CCCC3)=CCC1. The second kappa shape index (κ2) is 12.9. The van der Waals surface area contributed by atoms with Crippen LogP contribution in [0.3, 0.4) is 0 Å². The number of hydrogen-bond donors (Lipinski definition) is 0. The lowest BCUT2D eigenvalue weighted by Gasteiger charge is -2.53. The first-order valence-corrected chi connectivity index (χ1v) is 15.4. The molecule has 40 heavy (non-hydrogen) atoms. The molecular formula is C40H46. The number of fused-ring (bicyclic) bond motifs is 1. The summed E-state index contributed by atoms with van der Waals surface area (Å²) < 4.78 is 0. The molecular weight excluding hydrogens is 480 g/mol. The summed E-state index contributed by atoms with van der Waals surface area (Å²) in [5.41, 5.74) is 13.2. The zero-order valence-electron chi connectivity index (χ0n) is 24.8. The molecule has 1 saturated carbocycles. The largest absolute Gasteiger partial charge is 0.103 e. The van der Waals surface area contributed by atoms with Crippen LogP contribution in [-0.2, 0) is 12.8 Å². The highest BCUT2D eigenvalue weighted by atomic mass is 14.5. The van der Waals surface area contributed by atoms with E-state index < -0.39 is 0 Å². The second-order valence-corrected chi connectivity index (χ2v) is 12.0. The van der Waals surface area contributed by atoms with Gasteiger partial charge in [-0.1, -0.05) is 116 Å². The highest BCUT2D eigenvalue weighted by molar-refractivity contribution is 5.76. The van der Waals surface area contributed by atoms with Crippen LogP contribution in [0.5, 0.6) is 0 Å². The molecule has 0 aliphatic heterocycles. The molecule has 0 N–H and O–H groups in total. The van der Waals surface area contributed by atoms with Gasteiger partial charge in [0.05, 0.1) is 0 Å². The Morgan fingerprint density at radius 3 is 2.30 bits per heavy atom. The van der Waals surface area contributed by atoms with Gasteiger partial charge in [0, 0.05) is 0 Å². The van der Waals surface area contributed by atoms with Crippen LogP contribution in [0, 0.1) is 18.8 Å². The van der Waals surface area contributed by atoms with Crippen molar-refractivity contribution in [2.45, 2.75) is 77.6 Å². The minimum Gasteiger partial charge on any atom is -0.103 e. The lowest BCUT2D eigenvalue weighted by molar-refractivity contribution is 0.166. The summed E-state index contributed by atoms with van der Waals surface area (Å²) in [6.45, 7) is 15.1. The maximum atomic E-state index is 4.29. The van der Waals surface area contributed by atoms with Crippen molar-refractivity contribution < 1.29 is 0 Å². The second-order valence-electron chi connectivity index (χ2n) is 12.0. The van der Waals surface area contributed by atoms with Gasteiger partial charge in [-0.2, -0.15) is 0 Å². The first kappa shape index (κ1) is 28.2. The van der Waals surface area contributed by atoms with E-state index in [9.17, 15) is 0 Å². The fourth-order valence-corrected chi connectivity index (χ4v) is 7.31. The summed E-state index contributed by atoms with van der Waals surface area (Å²) in [5, 5.41) is 0. The van der Waals surface area contributed by atoms with Crippen LogP contribution in [0.25, 0.3) is 5.57 Å². The molecule has 0 aromatic heterocycles. The Kier molecular flexibility index (Phi) is 9.05. The van der Waals surface area contributed by atoms with Gasteiger partial charge < -0.3 is 0 Å². The van der Waals surface area contributed by atoms with Crippen molar-refractivity contribution >= 4 is 5.57 Å². The smallest absolute Gasteiger partial charge is 0.00189 e. The van der Waals surface area contributed by atoms with Gasteiger partial charge in [0.25, 0.3) is 0 Å². The van der Waals surface area contributed by atoms with E-state index in [1.54, 1.807) is 16.7 Å². The van der Waals surface area contributed by atoms with Crippen molar-refractivity contribution in [1.82, 2.24) is 0 Å². The van der Waals surface area contributed by atoms with Crippen molar-refractivity contribution in [2.75, 3.05) is 0 Å². The quantitative estimate of drug-likeness (QED) is 0.280. The predicted octanol–water partition coefficient (Wildman–Crippen LogP) is 10.9. The highest BCUT2D eigenvalue weighted by Crippen LogP contribution is 2.60. The first-order chi connectivity index (χ1) is 19.5. The molecule has 3 unspecified atom stereocenters. The molecule has 206 valence electrons. The van der Waals surface area contributed by atoms with Gasteiger partial charge >= 0.3 is 0 Å². The number of benzene rings is 3. The topological polar surface area (TPSA) is 0 Å². The Balaban J connectivity index is 0.000000164. The molecule has 0 heterocycles. The maximum absolute atomic E-state index is 4.29. The van der Waals surface area contributed by atoms with Crippen molar-refractivity contribution in [3.05, 3.63) is 149 Å². The molecule has 3 aliphatic carbocycles. The third-order valence-corrected chi connectivity index (χ3v) is 9.50. The fourth-order valence-electron chi connectivity index (χ4n) is 7.31. The minimum absolute atomic E-state index is 0.477. The van der Waals surface area contributed by atoms with Gasteiger partial charge in [-0.05, 0) is 121 Å². The summed E-state index contributed by atoms with van der Waals surface area (Å²) in [6, 6.07) is 26.7. The van der Waals surface area contributed by atoms with E-state index in [0.717, 1.165) is 0 Å². The Labute approximate surface area is 243 Å². The van der Waals surface area contributed by atoms with Gasteiger partial charge in [0.1, 0.15) is 0 Å². The van der Waals surface area contributed by atoms with Crippen molar-refractivity contribution in [1.29, 1.82) is 0 Å². The summed E-state index contributed by atoms with van der Waals surface area (Å²) in [5.74, 6) is 1.97. The molecule has 3 aromatic carbocycles. The molecule has 0 bridgehead atoms. The molecule has 0 nitrogen and oxygen atoms in total. The monoisotopic (exact) mass is 526 g/mol. The Hall–Kier alpha value is -3.38. The predicted molar refractivity (Wildman–Crippen MR) is 174 cm³/mol. The molecule has 0 radical (unpaired) electrons. The van der Waals surface area contributed by atoms with Gasteiger partial charge in [-0.15, -0.1) is 6.58 Å². The van der Waals surface area contributed by atoms with Crippen LogP contribution in [0.2, 0.25) is 0 Å². The summed E-state index contributed by atoms with van der Waals surface area (Å²) in [6.07, 6.45) is 15.9. The number of allylic oxidation sites excluding steroid dienone is 6. The van der Waals surface area contributed by atoms with E-state index in [1.807, 2.05) is 0 Å². The highest BCUT2D eigenvalue weighted by Gasteiger charge is 2.50. The molecule has 3 aliphatic rings. The van der Waals surface area contributed by atoms with E-state index >= 15 is 0 Å². The standard InChI is InChI=1S/C22H24.C18H22/c1-5-18-21(17-12-7-6-8-13-17)20(15(2)3)22(18)19-14-10-9-11-16(19)4;1-2-14-6-5-9-16(12-14)18-11-10-15-7-3-4-8-17(15)13-18/h5-14,18,20-22H,1-2H2,3-4H3;9-13H,2-8H2,1H3/t18?,20?,21-,22?;/m1./s1. The maximum Gasteiger partial charge on any atom is -0.00189 e. The Morgan fingerprint density at radius 2 is 1.60 bits per heavy atom. The number of rotatable bonds is 6. The van der Waals surface area contributed by atoms with Crippen molar-refractivity contribution in [3.63, 3.8) is 0 Å². The third-order valence-electron chi connectivity index (χ3n) is 9.50. The molecule has 4 atom stereocenters. The van der Waals surface area contributed by atoms with Crippen LogP contribution < -0.4 is 0 Å². The number of hydrogen-bond acceptors (Lipinski definition) is 0. The average molecular weight is 527 g/mol. The van der Waals surface area contributed by atoms with Crippen LogP contribution in [-0.4, -0.2) is 0 Å². The van der Waals surface area contributed by atoms with E-state index in [-0.39, 0.29) is 0 Å². The molecule has 6 rings (SSSR count). The van der Waals surface area contributed by atoms with Gasteiger partial charge in [-0.25, -0.2) is 0 Å². The zero-order chi connectivity index (χ0) is 28.1. The molecule has 1 fully saturated rings. The molecule has 0 saturated heterocycles. The van der Waals surface area contributed by atoms with Gasteiger partial charge in [0.15, 0.2) is 0 Å². The van der Waals surface area contributed by atoms with E-state index in [1.165, 1.54) is 78.3 Å². The van der Waals surface area contributed by atoms with Gasteiger partial charge in [0.2, 0.25) is 0 Å². The first-order valence-electron chi connectivity index (χ1n) is 15.4. The van der Waals surface area contributed by atoms with Gasteiger partial charge in [-0.3, -0.25) is 0 Å². The van der Waals surface area contributed by atoms with Crippen LogP contribution >= 0.6 is 0 Å². The van der Waals surface area contributed by atoms with Crippen LogP contribution in [0.4, 0.5) is 0 Å². The fraction of sp³-hybridized carbons (Fsp3) is 0.350. The summed E-state index contributed by atoms with van der Waals surface area (Å²) in [7, 11) is 0. The summed E-state index contributed by atoms with van der Waals surface area (Å²) in [4.78, 5) is 0. The molecule has 0 spiro atoms. The normalized spacial score (nSPS) is 23.4. The minimum atomic E-state index is 0.477. The molecule has 3 aromatic rings. The average Bonchev–Trinajstić information content (AvgIpc) is 2.98. The van der Waals surface area contributed by atoms with Crippen molar-refractivity contribution in [3.8, 4) is 0 Å². The lowest BCUT2D eigenvalue weighted by atomic mass is 9.50. The van der Waals surface area contributed by atoms with Crippen LogP contribution in [0.15, 0.2) is 115 Å². The molecule has 0 amide bonds. The Bertz CT molecular complexity index is 1400. The van der Waals surface area contributed by atoms with Crippen molar-refractivity contribution in [2.24, 2.45) is 11.8 Å². The molecule has 0 heteroatoms. The van der Waals surface area contributed by atoms with E-state index in [4.69, 9.17) is 0 Å². The van der Waals surface area contributed by atoms with E-state index in [0.29, 0.717) is 23.7 Å². The summed E-state index contributed by atoms with van der Waals surface area (Å²) >= 11 is 0. The van der Waals surface area contributed by atoms with Crippen LogP contribution in [0.1, 0.15) is 91.2 Å². The zero-order valence-corrected chi connectivity index (χ0v) is 24.8. The van der Waals surface area contributed by atoms with E-state index in [2.05, 4.69) is 125 Å². The number of aryl methyl sites for hydroxylation is 3. The lowest BCUT2D eigenvalue weighted by Crippen LogP contribution is -2.43. The Morgan fingerprint density at radius 1 is 0.875 bits per heavy atom. The third kappa shape index (κ3) is 5.87.